The Labute approximate surface area is 127 Å². The van der Waals surface area contributed by atoms with Gasteiger partial charge in [0.1, 0.15) is 0 Å². The van der Waals surface area contributed by atoms with E-state index in [0.29, 0.717) is 0 Å². The van der Waals surface area contributed by atoms with Crippen molar-refractivity contribution in [3.8, 4) is 0 Å². The first kappa shape index (κ1) is 15.1. The van der Waals surface area contributed by atoms with Crippen molar-refractivity contribution in [3.05, 3.63) is 54.9 Å². The highest BCUT2D eigenvalue weighted by Gasteiger charge is 2.08. The first-order chi connectivity index (χ1) is 10.1. The summed E-state index contributed by atoms with van der Waals surface area (Å²) in [5, 5.41) is 2.82. The Morgan fingerprint density at radius 2 is 1.76 bits per heavy atom. The fourth-order valence-electron chi connectivity index (χ4n) is 1.70. The van der Waals surface area contributed by atoms with E-state index in [9.17, 15) is 9.59 Å². The third-order valence-corrected chi connectivity index (χ3v) is 3.66. The minimum Gasteiger partial charge on any atom is -0.369 e. The number of hydrogen-bond donors (Lipinski definition) is 2. The minimum atomic E-state index is -0.350. The van der Waals surface area contributed by atoms with E-state index in [0.717, 1.165) is 10.6 Å². The molecule has 5 nitrogen and oxygen atoms in total. The van der Waals surface area contributed by atoms with E-state index in [1.165, 1.54) is 11.8 Å². The highest BCUT2D eigenvalue weighted by molar-refractivity contribution is 8.00. The van der Waals surface area contributed by atoms with Gasteiger partial charge in [-0.2, -0.15) is 4.57 Å². The van der Waals surface area contributed by atoms with Crippen LogP contribution in [0.5, 0.6) is 0 Å². The van der Waals surface area contributed by atoms with Crippen LogP contribution in [0, 0.1) is 0 Å². The number of nitrogens with one attached hydrogen (secondary N) is 1. The van der Waals surface area contributed by atoms with Crippen molar-refractivity contribution >= 4 is 29.3 Å². The van der Waals surface area contributed by atoms with Crippen LogP contribution in [-0.4, -0.2) is 17.6 Å². The number of rotatable bonds is 6. The molecule has 0 aliphatic rings. The summed E-state index contributed by atoms with van der Waals surface area (Å²) in [6.07, 6.45) is 3.67. The van der Waals surface area contributed by atoms with Crippen LogP contribution in [0.15, 0.2) is 59.8 Å². The second-order valence-electron chi connectivity index (χ2n) is 4.38. The van der Waals surface area contributed by atoms with Crippen LogP contribution in [0.1, 0.15) is 0 Å². The van der Waals surface area contributed by atoms with E-state index in [4.69, 9.17) is 5.73 Å². The van der Waals surface area contributed by atoms with Gasteiger partial charge < -0.3 is 11.1 Å². The van der Waals surface area contributed by atoms with Crippen LogP contribution in [0.25, 0.3) is 0 Å². The number of amides is 2. The van der Waals surface area contributed by atoms with Crippen LogP contribution < -0.4 is 15.6 Å². The van der Waals surface area contributed by atoms with Gasteiger partial charge in [-0.1, -0.05) is 6.07 Å². The Morgan fingerprint density at radius 1 is 1.10 bits per heavy atom. The highest BCUT2D eigenvalue weighted by Crippen LogP contribution is 2.19. The number of benzene rings is 1. The molecular weight excluding hydrogens is 286 g/mol. The van der Waals surface area contributed by atoms with Crippen molar-refractivity contribution in [2.75, 3.05) is 11.1 Å². The van der Waals surface area contributed by atoms with Crippen LogP contribution in [-0.2, 0) is 16.1 Å². The van der Waals surface area contributed by atoms with Gasteiger partial charge in [0.25, 0.3) is 5.91 Å². The molecule has 6 heteroatoms. The lowest BCUT2D eigenvalue weighted by Crippen LogP contribution is -2.39. The molecule has 2 amide bonds. The molecule has 0 aliphatic carbocycles. The lowest BCUT2D eigenvalue weighted by atomic mass is 10.3. The number of hydrogen-bond acceptors (Lipinski definition) is 3. The van der Waals surface area contributed by atoms with Gasteiger partial charge in [0.05, 0.1) is 5.75 Å². The number of carbonyl (C=O) groups is 2. The SMILES string of the molecule is NC(=O)CSc1ccc(NC(=O)C[n+]2ccccc2)cc1. The highest BCUT2D eigenvalue weighted by atomic mass is 32.2. The second-order valence-corrected chi connectivity index (χ2v) is 5.42. The Hall–Kier alpha value is -2.34. The summed E-state index contributed by atoms with van der Waals surface area (Å²) in [5.74, 6) is -0.197. The maximum absolute atomic E-state index is 11.9. The van der Waals surface area contributed by atoms with Gasteiger partial charge in [0.2, 0.25) is 12.5 Å². The largest absolute Gasteiger partial charge is 0.369 e. The predicted molar refractivity (Wildman–Crippen MR) is 81.6 cm³/mol. The number of thioether (sulfide) groups is 1. The molecule has 0 radical (unpaired) electrons. The van der Waals surface area contributed by atoms with Gasteiger partial charge >= 0.3 is 0 Å². The number of pyridine rings is 1. The van der Waals surface area contributed by atoms with Crippen molar-refractivity contribution in [2.24, 2.45) is 5.73 Å². The van der Waals surface area contributed by atoms with Crippen molar-refractivity contribution < 1.29 is 14.2 Å². The molecule has 0 saturated heterocycles. The first-order valence-electron chi connectivity index (χ1n) is 6.38. The number of primary amides is 1. The van der Waals surface area contributed by atoms with Gasteiger partial charge in [-0.3, -0.25) is 9.59 Å². The lowest BCUT2D eigenvalue weighted by molar-refractivity contribution is -0.684. The molecule has 108 valence electrons. The summed E-state index contributed by atoms with van der Waals surface area (Å²) in [7, 11) is 0. The van der Waals surface area contributed by atoms with Crippen molar-refractivity contribution in [2.45, 2.75) is 11.4 Å². The maximum Gasteiger partial charge on any atom is 0.290 e. The third kappa shape index (κ3) is 5.27. The Kier molecular flexibility index (Phi) is 5.34. The van der Waals surface area contributed by atoms with Crippen molar-refractivity contribution in [1.29, 1.82) is 0 Å². The van der Waals surface area contributed by atoms with Crippen LogP contribution in [0.3, 0.4) is 0 Å². The van der Waals surface area contributed by atoms with Gasteiger partial charge in [-0.05, 0) is 24.3 Å². The molecule has 0 bridgehead atoms. The van der Waals surface area contributed by atoms with Crippen molar-refractivity contribution in [1.82, 2.24) is 0 Å². The summed E-state index contributed by atoms with van der Waals surface area (Å²) in [6.45, 7) is 0.263. The molecule has 21 heavy (non-hydrogen) atoms. The Bertz CT molecular complexity index is 615. The zero-order valence-electron chi connectivity index (χ0n) is 11.4. The standard InChI is InChI=1S/C15H15N3O2S/c16-14(19)11-21-13-6-4-12(5-7-13)17-15(20)10-18-8-2-1-3-9-18/h1-9H,10-11H2,(H2-,16,17,19,20)/p+1. The smallest absolute Gasteiger partial charge is 0.290 e. The maximum atomic E-state index is 11.9. The molecule has 2 aromatic rings. The van der Waals surface area contributed by atoms with Gasteiger partial charge in [-0.25, -0.2) is 0 Å². The van der Waals surface area contributed by atoms with E-state index in [-0.39, 0.29) is 24.1 Å². The molecule has 0 aliphatic heterocycles. The fraction of sp³-hybridized carbons (Fsp3) is 0.133. The quantitative estimate of drug-likeness (QED) is 0.621. The molecule has 0 saturated carbocycles. The summed E-state index contributed by atoms with van der Waals surface area (Å²) < 4.78 is 1.80. The van der Waals surface area contributed by atoms with Crippen molar-refractivity contribution in [3.63, 3.8) is 0 Å². The first-order valence-corrected chi connectivity index (χ1v) is 7.37. The summed E-state index contributed by atoms with van der Waals surface area (Å²) >= 11 is 1.37. The number of aromatic nitrogens is 1. The Balaban J connectivity index is 1.88. The normalized spacial score (nSPS) is 10.1. The van der Waals surface area contributed by atoms with Crippen LogP contribution in [0.4, 0.5) is 5.69 Å². The number of nitrogens with zero attached hydrogens (tertiary/aromatic N) is 1. The fourth-order valence-corrected chi connectivity index (χ4v) is 2.33. The molecule has 0 spiro atoms. The van der Waals surface area contributed by atoms with Gasteiger partial charge in [0.15, 0.2) is 12.4 Å². The van der Waals surface area contributed by atoms with E-state index < -0.39 is 0 Å². The summed E-state index contributed by atoms with van der Waals surface area (Å²) in [6, 6.07) is 12.9. The summed E-state index contributed by atoms with van der Waals surface area (Å²) in [4.78, 5) is 23.5. The second kappa shape index (κ2) is 7.44. The van der Waals surface area contributed by atoms with E-state index >= 15 is 0 Å². The molecule has 3 N–H and O–H groups in total. The van der Waals surface area contributed by atoms with Crippen LogP contribution in [0.2, 0.25) is 0 Å². The molecule has 0 fully saturated rings. The molecule has 1 heterocycles. The predicted octanol–water partition coefficient (Wildman–Crippen LogP) is 1.19. The molecule has 2 rings (SSSR count). The minimum absolute atomic E-state index is 0.0938. The molecule has 0 unspecified atom stereocenters. The van der Waals surface area contributed by atoms with Crippen LogP contribution >= 0.6 is 11.8 Å². The number of nitrogens with two attached hydrogens (primary N) is 1. The Morgan fingerprint density at radius 3 is 2.38 bits per heavy atom. The lowest BCUT2D eigenvalue weighted by Gasteiger charge is -2.04. The zero-order chi connectivity index (χ0) is 15.1. The monoisotopic (exact) mass is 302 g/mol. The number of anilines is 1. The molecule has 0 atom stereocenters. The topological polar surface area (TPSA) is 76.1 Å². The van der Waals surface area contributed by atoms with E-state index in [1.807, 2.05) is 42.7 Å². The zero-order valence-corrected chi connectivity index (χ0v) is 12.2. The molecule has 1 aromatic carbocycles. The van der Waals surface area contributed by atoms with Gasteiger partial charge in [-0.15, -0.1) is 11.8 Å². The van der Waals surface area contributed by atoms with Gasteiger partial charge in [0, 0.05) is 22.7 Å². The molecular formula is C15H16N3O2S+. The van der Waals surface area contributed by atoms with E-state index in [2.05, 4.69) is 5.32 Å². The average Bonchev–Trinajstić information content (AvgIpc) is 2.47. The summed E-state index contributed by atoms with van der Waals surface area (Å²) in [5.41, 5.74) is 5.81. The third-order valence-electron chi connectivity index (χ3n) is 2.62. The van der Waals surface area contributed by atoms with E-state index in [1.54, 1.807) is 16.7 Å². The molecule has 1 aromatic heterocycles. The average molecular weight is 302 g/mol. The number of carbonyl (C=O) groups excluding carboxylic acids is 2.